The third-order valence-corrected chi connectivity index (χ3v) is 5.03. The Kier molecular flexibility index (Phi) is 4.20. The van der Waals surface area contributed by atoms with Crippen molar-refractivity contribution in [3.63, 3.8) is 0 Å². The average Bonchev–Trinajstić information content (AvgIpc) is 2.67. The minimum absolute atomic E-state index is 0.0400. The van der Waals surface area contributed by atoms with Crippen LogP contribution in [0.25, 0.3) is 10.8 Å². The number of hydrogen-bond donors (Lipinski definition) is 1. The predicted octanol–water partition coefficient (Wildman–Crippen LogP) is 5.73. The van der Waals surface area contributed by atoms with Gasteiger partial charge < -0.3 is 10.5 Å². The van der Waals surface area contributed by atoms with Crippen molar-refractivity contribution in [1.82, 2.24) is 0 Å². The Morgan fingerprint density at radius 3 is 2.43 bits per heavy atom. The minimum atomic E-state index is -4.51. The summed E-state index contributed by atoms with van der Waals surface area (Å²) in [4.78, 5) is 0. The largest absolute Gasteiger partial charge is 0.440 e. The maximum absolute atomic E-state index is 13.2. The van der Waals surface area contributed by atoms with E-state index in [9.17, 15) is 18.4 Å². The maximum Gasteiger partial charge on any atom is 0.416 e. The average molecular weight is 401 g/mol. The van der Waals surface area contributed by atoms with Gasteiger partial charge in [-0.3, -0.25) is 0 Å². The summed E-state index contributed by atoms with van der Waals surface area (Å²) in [6.45, 7) is 0. The molecule has 0 fully saturated rings. The van der Waals surface area contributed by atoms with Crippen molar-refractivity contribution in [2.75, 3.05) is 0 Å². The summed E-state index contributed by atoms with van der Waals surface area (Å²) in [6.07, 6.45) is -4.51. The Hall–Kier alpha value is -3.17. The third-order valence-electron chi connectivity index (χ3n) is 4.72. The quantitative estimate of drug-likeness (QED) is 0.567. The zero-order valence-corrected chi connectivity index (χ0v) is 15.0. The maximum atomic E-state index is 13.2. The molecule has 140 valence electrons. The van der Waals surface area contributed by atoms with Crippen LogP contribution in [0.4, 0.5) is 13.2 Å². The Balaban J connectivity index is 2.02. The molecular formula is C21H12ClF3N2O. The molecule has 2 N–H and O–H groups in total. The number of hydrogen-bond acceptors (Lipinski definition) is 3. The zero-order chi connectivity index (χ0) is 20.1. The molecule has 1 aliphatic heterocycles. The molecule has 0 saturated heterocycles. The normalized spacial score (nSPS) is 16.5. The van der Waals surface area contributed by atoms with Gasteiger partial charge in [-0.05, 0) is 17.7 Å². The van der Waals surface area contributed by atoms with Crippen molar-refractivity contribution in [2.24, 2.45) is 5.73 Å². The first-order valence-electron chi connectivity index (χ1n) is 8.27. The second kappa shape index (κ2) is 6.47. The molecule has 0 bridgehead atoms. The summed E-state index contributed by atoms with van der Waals surface area (Å²) in [5.41, 5.74) is 5.98. The summed E-state index contributed by atoms with van der Waals surface area (Å²) in [6, 6.07) is 15.6. The molecule has 1 atom stereocenters. The predicted molar refractivity (Wildman–Crippen MR) is 99.7 cm³/mol. The fourth-order valence-electron chi connectivity index (χ4n) is 3.48. The SMILES string of the molecule is N#CC1=C(N)Oc2c(cc(Cl)c3ccccc23)C1c1cccc(C(F)(F)F)c1. The molecule has 0 aliphatic carbocycles. The van der Waals surface area contributed by atoms with E-state index in [-0.39, 0.29) is 17.0 Å². The molecule has 0 spiro atoms. The van der Waals surface area contributed by atoms with Crippen molar-refractivity contribution >= 4 is 22.4 Å². The van der Waals surface area contributed by atoms with Gasteiger partial charge in [0.15, 0.2) is 0 Å². The van der Waals surface area contributed by atoms with Gasteiger partial charge in [0.1, 0.15) is 17.4 Å². The van der Waals surface area contributed by atoms with Crippen molar-refractivity contribution in [3.8, 4) is 11.8 Å². The second-order valence-corrected chi connectivity index (χ2v) is 6.78. The van der Waals surface area contributed by atoms with Crippen molar-refractivity contribution < 1.29 is 17.9 Å². The summed E-state index contributed by atoms with van der Waals surface area (Å²) in [5.74, 6) is -0.568. The van der Waals surface area contributed by atoms with Crippen LogP contribution >= 0.6 is 11.6 Å². The van der Waals surface area contributed by atoms with Crippen LogP contribution in [0, 0.1) is 11.3 Å². The molecule has 7 heteroatoms. The number of alkyl halides is 3. The smallest absolute Gasteiger partial charge is 0.416 e. The number of allylic oxidation sites excluding steroid dienone is 1. The van der Waals surface area contributed by atoms with Gasteiger partial charge in [0.05, 0.1) is 11.5 Å². The van der Waals surface area contributed by atoms with Crippen molar-refractivity contribution in [2.45, 2.75) is 12.1 Å². The fourth-order valence-corrected chi connectivity index (χ4v) is 3.76. The number of halogens is 4. The van der Waals surface area contributed by atoms with E-state index in [0.717, 1.165) is 17.5 Å². The molecule has 28 heavy (non-hydrogen) atoms. The van der Waals surface area contributed by atoms with Gasteiger partial charge in [-0.25, -0.2) is 0 Å². The molecule has 0 saturated carbocycles. The zero-order valence-electron chi connectivity index (χ0n) is 14.2. The van der Waals surface area contributed by atoms with Crippen LogP contribution < -0.4 is 10.5 Å². The van der Waals surface area contributed by atoms with Gasteiger partial charge in [0.2, 0.25) is 5.88 Å². The van der Waals surface area contributed by atoms with E-state index in [2.05, 4.69) is 0 Å². The van der Waals surface area contributed by atoms with Crippen molar-refractivity contribution in [3.05, 3.63) is 87.8 Å². The summed E-state index contributed by atoms with van der Waals surface area (Å²) < 4.78 is 45.3. The highest BCUT2D eigenvalue weighted by Crippen LogP contribution is 2.47. The summed E-state index contributed by atoms with van der Waals surface area (Å²) in [5, 5.41) is 11.4. The molecule has 3 aromatic carbocycles. The lowest BCUT2D eigenvalue weighted by Gasteiger charge is -2.28. The van der Waals surface area contributed by atoms with E-state index in [4.69, 9.17) is 22.1 Å². The van der Waals surface area contributed by atoms with Crippen LogP contribution in [0.1, 0.15) is 22.6 Å². The van der Waals surface area contributed by atoms with Gasteiger partial charge in [-0.2, -0.15) is 18.4 Å². The van der Waals surface area contributed by atoms with Gasteiger partial charge in [0, 0.05) is 21.4 Å². The lowest BCUT2D eigenvalue weighted by Crippen LogP contribution is -2.21. The first-order valence-corrected chi connectivity index (χ1v) is 8.65. The number of ether oxygens (including phenoxy) is 1. The van der Waals surface area contributed by atoms with E-state index in [1.165, 1.54) is 12.1 Å². The second-order valence-electron chi connectivity index (χ2n) is 6.37. The Labute approximate surface area is 163 Å². The Morgan fingerprint density at radius 1 is 1.04 bits per heavy atom. The highest BCUT2D eigenvalue weighted by molar-refractivity contribution is 6.36. The van der Waals surface area contributed by atoms with E-state index < -0.39 is 17.7 Å². The van der Waals surface area contributed by atoms with Crippen LogP contribution in [-0.2, 0) is 6.18 Å². The van der Waals surface area contributed by atoms with E-state index in [0.29, 0.717) is 21.7 Å². The standard InChI is InChI=1S/C21H12ClF3N2O/c22-17-9-15-18(11-4-3-5-12(8-11)21(23,24)25)16(10-26)20(27)28-19(15)14-7-2-1-6-13(14)17/h1-9,18H,27H2. The van der Waals surface area contributed by atoms with Crippen LogP contribution in [0.2, 0.25) is 5.02 Å². The molecule has 0 amide bonds. The van der Waals surface area contributed by atoms with Crippen LogP contribution in [0.3, 0.4) is 0 Å². The number of nitriles is 1. The molecule has 4 rings (SSSR count). The first kappa shape index (κ1) is 18.2. The Morgan fingerprint density at radius 2 is 1.75 bits per heavy atom. The lowest BCUT2D eigenvalue weighted by atomic mass is 9.82. The number of fused-ring (bicyclic) bond motifs is 3. The minimum Gasteiger partial charge on any atom is -0.440 e. The summed E-state index contributed by atoms with van der Waals surface area (Å²) >= 11 is 6.41. The highest BCUT2D eigenvalue weighted by Gasteiger charge is 2.35. The molecular weight excluding hydrogens is 389 g/mol. The van der Waals surface area contributed by atoms with Gasteiger partial charge in [-0.15, -0.1) is 0 Å². The van der Waals surface area contributed by atoms with E-state index in [1.54, 1.807) is 24.3 Å². The molecule has 0 aromatic heterocycles. The molecule has 1 heterocycles. The molecule has 1 aliphatic rings. The first-order chi connectivity index (χ1) is 13.3. The van der Waals surface area contributed by atoms with Crippen LogP contribution in [0.15, 0.2) is 66.1 Å². The van der Waals surface area contributed by atoms with Crippen molar-refractivity contribution in [1.29, 1.82) is 5.26 Å². The molecule has 3 aromatic rings. The van der Waals surface area contributed by atoms with Gasteiger partial charge in [0.25, 0.3) is 0 Å². The van der Waals surface area contributed by atoms with E-state index >= 15 is 0 Å². The van der Waals surface area contributed by atoms with E-state index in [1.807, 2.05) is 12.1 Å². The third kappa shape index (κ3) is 2.85. The number of rotatable bonds is 1. The molecule has 0 radical (unpaired) electrons. The molecule has 3 nitrogen and oxygen atoms in total. The number of nitrogens with zero attached hydrogens (tertiary/aromatic N) is 1. The summed E-state index contributed by atoms with van der Waals surface area (Å²) in [7, 11) is 0. The topological polar surface area (TPSA) is 59.0 Å². The van der Waals surface area contributed by atoms with Gasteiger partial charge >= 0.3 is 6.18 Å². The fraction of sp³-hybridized carbons (Fsp3) is 0.0952. The van der Waals surface area contributed by atoms with Crippen LogP contribution in [-0.4, -0.2) is 0 Å². The van der Waals surface area contributed by atoms with Gasteiger partial charge in [-0.1, -0.05) is 54.1 Å². The Bertz CT molecular complexity index is 1180. The monoisotopic (exact) mass is 400 g/mol. The molecule has 1 unspecified atom stereocenters. The highest BCUT2D eigenvalue weighted by atomic mass is 35.5. The number of nitrogens with two attached hydrogens (primary N) is 1. The lowest BCUT2D eigenvalue weighted by molar-refractivity contribution is -0.137. The number of benzene rings is 3. The van der Waals surface area contributed by atoms with Crippen LogP contribution in [0.5, 0.6) is 5.75 Å².